The molecule has 0 spiro atoms. The number of nitrogens with zero attached hydrogens (tertiary/aromatic N) is 3. The standard InChI is InChI=1S/C26H31ClN4O2/c1-3-18-4-6-21(7-5-18)31-24-15-22(27)17(2)14-23(24)29-26(31)30-11-8-19(9-12-30)25(32)28-20-10-13-33-16-20/h4-7,14-15,19-20H,3,8-13,16H2,1-2H3,(H,28,32). The van der Waals surface area contributed by atoms with E-state index in [4.69, 9.17) is 21.3 Å². The maximum Gasteiger partial charge on any atom is 0.223 e. The molecular formula is C26H31ClN4O2. The SMILES string of the molecule is CCc1ccc(-n2c(N3CCC(C(=O)NC4CCOC4)CC3)nc3cc(C)c(Cl)cc32)cc1. The van der Waals surface area contributed by atoms with Crippen molar-refractivity contribution in [3.63, 3.8) is 0 Å². The number of fused-ring (bicyclic) bond motifs is 1. The summed E-state index contributed by atoms with van der Waals surface area (Å²) in [6.45, 7) is 7.13. The van der Waals surface area contributed by atoms with Crippen LogP contribution in [0.4, 0.5) is 5.95 Å². The van der Waals surface area contributed by atoms with Crippen LogP contribution in [0.3, 0.4) is 0 Å². The average Bonchev–Trinajstić information content (AvgIpc) is 3.47. The molecule has 2 aliphatic rings. The predicted octanol–water partition coefficient (Wildman–Crippen LogP) is 4.67. The molecule has 2 fully saturated rings. The summed E-state index contributed by atoms with van der Waals surface area (Å²) in [6.07, 6.45) is 3.55. The van der Waals surface area contributed by atoms with Crippen molar-refractivity contribution in [1.29, 1.82) is 0 Å². The Morgan fingerprint density at radius 1 is 1.18 bits per heavy atom. The van der Waals surface area contributed by atoms with Gasteiger partial charge in [0.05, 0.1) is 23.7 Å². The highest BCUT2D eigenvalue weighted by Crippen LogP contribution is 2.33. The highest BCUT2D eigenvalue weighted by Gasteiger charge is 2.30. The first-order valence-corrected chi connectivity index (χ1v) is 12.3. The number of rotatable bonds is 5. The Balaban J connectivity index is 1.42. The summed E-state index contributed by atoms with van der Waals surface area (Å²) in [5, 5.41) is 3.91. The molecule has 7 heteroatoms. The van der Waals surface area contributed by atoms with Crippen LogP contribution in [0.15, 0.2) is 36.4 Å². The first kappa shape index (κ1) is 22.2. The van der Waals surface area contributed by atoms with Gasteiger partial charge in [-0.3, -0.25) is 9.36 Å². The number of imidazole rings is 1. The van der Waals surface area contributed by atoms with Crippen molar-refractivity contribution >= 4 is 34.5 Å². The molecule has 3 heterocycles. The zero-order chi connectivity index (χ0) is 22.9. The predicted molar refractivity (Wildman–Crippen MR) is 132 cm³/mol. The van der Waals surface area contributed by atoms with Gasteiger partial charge < -0.3 is 15.0 Å². The van der Waals surface area contributed by atoms with Crippen LogP contribution in [0.25, 0.3) is 16.7 Å². The molecule has 5 rings (SSSR count). The van der Waals surface area contributed by atoms with Gasteiger partial charge in [0.15, 0.2) is 0 Å². The number of benzene rings is 2. The summed E-state index contributed by atoms with van der Waals surface area (Å²) in [5.74, 6) is 1.12. The minimum absolute atomic E-state index is 0.0419. The monoisotopic (exact) mass is 466 g/mol. The lowest BCUT2D eigenvalue weighted by Gasteiger charge is -2.32. The molecule has 33 heavy (non-hydrogen) atoms. The van der Waals surface area contributed by atoms with Crippen molar-refractivity contribution in [1.82, 2.24) is 14.9 Å². The molecule has 1 unspecified atom stereocenters. The van der Waals surface area contributed by atoms with E-state index >= 15 is 0 Å². The van der Waals surface area contributed by atoms with Gasteiger partial charge in [-0.2, -0.15) is 0 Å². The number of carbonyl (C=O) groups is 1. The van der Waals surface area contributed by atoms with Crippen molar-refractivity contribution in [2.75, 3.05) is 31.2 Å². The number of nitrogens with one attached hydrogen (secondary N) is 1. The summed E-state index contributed by atoms with van der Waals surface area (Å²) >= 11 is 6.51. The molecule has 0 saturated carbocycles. The van der Waals surface area contributed by atoms with Gasteiger partial charge in [-0.15, -0.1) is 0 Å². The molecule has 1 N–H and O–H groups in total. The Bertz CT molecular complexity index is 1140. The van der Waals surface area contributed by atoms with Gasteiger partial charge in [0.25, 0.3) is 0 Å². The first-order valence-electron chi connectivity index (χ1n) is 11.9. The van der Waals surface area contributed by atoms with E-state index in [1.165, 1.54) is 5.56 Å². The quantitative estimate of drug-likeness (QED) is 0.593. The Labute approximate surface area is 199 Å². The van der Waals surface area contributed by atoms with Crippen LogP contribution in [0.2, 0.25) is 5.02 Å². The molecule has 2 saturated heterocycles. The van der Waals surface area contributed by atoms with Crippen molar-refractivity contribution in [3.05, 3.63) is 52.5 Å². The second-order valence-electron chi connectivity index (χ2n) is 9.19. The van der Waals surface area contributed by atoms with Crippen LogP contribution < -0.4 is 10.2 Å². The zero-order valence-corrected chi connectivity index (χ0v) is 20.1. The molecule has 2 aromatic carbocycles. The number of amides is 1. The molecular weight excluding hydrogens is 436 g/mol. The van der Waals surface area contributed by atoms with Crippen LogP contribution in [0, 0.1) is 12.8 Å². The van der Waals surface area contributed by atoms with Gasteiger partial charge in [-0.25, -0.2) is 4.98 Å². The van der Waals surface area contributed by atoms with E-state index in [9.17, 15) is 4.79 Å². The Morgan fingerprint density at radius 2 is 1.94 bits per heavy atom. The summed E-state index contributed by atoms with van der Waals surface area (Å²) in [4.78, 5) is 20.1. The lowest BCUT2D eigenvalue weighted by atomic mass is 9.95. The Morgan fingerprint density at radius 3 is 2.61 bits per heavy atom. The fraction of sp³-hybridized carbons (Fsp3) is 0.462. The van der Waals surface area contributed by atoms with E-state index in [0.717, 1.165) is 78.6 Å². The molecule has 1 aromatic heterocycles. The van der Waals surface area contributed by atoms with Crippen molar-refractivity contribution < 1.29 is 9.53 Å². The minimum Gasteiger partial charge on any atom is -0.379 e. The van der Waals surface area contributed by atoms with Gasteiger partial charge in [0, 0.05) is 36.3 Å². The van der Waals surface area contributed by atoms with Crippen molar-refractivity contribution in [2.45, 2.75) is 45.6 Å². The second kappa shape index (κ2) is 9.35. The maximum atomic E-state index is 12.7. The molecule has 1 atom stereocenters. The van der Waals surface area contributed by atoms with Crippen molar-refractivity contribution in [2.24, 2.45) is 5.92 Å². The highest BCUT2D eigenvalue weighted by atomic mass is 35.5. The lowest BCUT2D eigenvalue weighted by Crippen LogP contribution is -2.44. The number of aryl methyl sites for hydroxylation is 2. The molecule has 0 bridgehead atoms. The number of hydrogen-bond acceptors (Lipinski definition) is 4. The lowest BCUT2D eigenvalue weighted by molar-refractivity contribution is -0.126. The Hall–Kier alpha value is -2.57. The smallest absolute Gasteiger partial charge is 0.223 e. The van der Waals surface area contributed by atoms with Crippen LogP contribution in [0.1, 0.15) is 37.3 Å². The normalized spacial score (nSPS) is 19.4. The number of piperidine rings is 1. The third-order valence-corrected chi connectivity index (χ3v) is 7.35. The van der Waals surface area contributed by atoms with E-state index in [1.807, 2.05) is 13.0 Å². The number of halogens is 1. The van der Waals surface area contributed by atoms with Gasteiger partial charge in [0.2, 0.25) is 11.9 Å². The summed E-state index contributed by atoms with van der Waals surface area (Å²) in [5.41, 5.74) is 5.34. The largest absolute Gasteiger partial charge is 0.379 e. The van der Waals surface area contributed by atoms with Crippen LogP contribution in [0.5, 0.6) is 0 Å². The summed E-state index contributed by atoms with van der Waals surface area (Å²) < 4.78 is 7.60. The number of hydrogen-bond donors (Lipinski definition) is 1. The summed E-state index contributed by atoms with van der Waals surface area (Å²) in [6, 6.07) is 12.9. The molecule has 1 amide bonds. The molecule has 6 nitrogen and oxygen atoms in total. The van der Waals surface area contributed by atoms with Crippen molar-refractivity contribution in [3.8, 4) is 5.69 Å². The second-order valence-corrected chi connectivity index (χ2v) is 9.59. The molecule has 3 aromatic rings. The molecule has 0 aliphatic carbocycles. The van der Waals surface area contributed by atoms with E-state index in [-0.39, 0.29) is 17.9 Å². The summed E-state index contributed by atoms with van der Waals surface area (Å²) in [7, 11) is 0. The topological polar surface area (TPSA) is 59.4 Å². The van der Waals surface area contributed by atoms with E-state index < -0.39 is 0 Å². The third kappa shape index (κ3) is 4.46. The number of ether oxygens (including phenoxy) is 1. The van der Waals surface area contributed by atoms with E-state index in [0.29, 0.717) is 6.61 Å². The van der Waals surface area contributed by atoms with Gasteiger partial charge in [-0.05, 0) is 68.0 Å². The average molecular weight is 467 g/mol. The van der Waals surface area contributed by atoms with E-state index in [2.05, 4.69) is 52.0 Å². The number of carbonyl (C=O) groups excluding carboxylic acids is 1. The van der Waals surface area contributed by atoms with Crippen LogP contribution in [-0.4, -0.2) is 47.8 Å². The number of aromatic nitrogens is 2. The van der Waals surface area contributed by atoms with Gasteiger partial charge in [0.1, 0.15) is 0 Å². The van der Waals surface area contributed by atoms with Gasteiger partial charge >= 0.3 is 0 Å². The minimum atomic E-state index is 0.0419. The fourth-order valence-electron chi connectivity index (χ4n) is 4.85. The molecule has 0 radical (unpaired) electrons. The van der Waals surface area contributed by atoms with Crippen LogP contribution >= 0.6 is 11.6 Å². The molecule has 174 valence electrons. The van der Waals surface area contributed by atoms with E-state index in [1.54, 1.807) is 0 Å². The van der Waals surface area contributed by atoms with Gasteiger partial charge in [-0.1, -0.05) is 30.7 Å². The Kier molecular flexibility index (Phi) is 6.30. The number of anilines is 1. The third-order valence-electron chi connectivity index (χ3n) is 6.94. The first-order chi connectivity index (χ1) is 16.0. The molecule has 2 aliphatic heterocycles. The zero-order valence-electron chi connectivity index (χ0n) is 19.3. The van der Waals surface area contributed by atoms with Crippen LogP contribution in [-0.2, 0) is 16.0 Å². The highest BCUT2D eigenvalue weighted by molar-refractivity contribution is 6.32. The maximum absolute atomic E-state index is 12.7. The fourth-order valence-corrected chi connectivity index (χ4v) is 5.00.